The van der Waals surface area contributed by atoms with E-state index in [1.807, 2.05) is 12.3 Å². The standard InChI is InChI=1S/C49H31N3/c1-4-12-36(13-5-1)51(37-14-6-2-7-15-37)39-22-27-46-44(31-39)43-30-33(21-26-45(43)52(46)38-16-8-3-9-17-38)40-23-20-32-18-19-34-29-35-11-10-28-50-49(35)42-25-24-41(40)47(32)48(34)42/h1-31H. The van der Waals surface area contributed by atoms with Gasteiger partial charge in [0.05, 0.1) is 16.6 Å². The van der Waals surface area contributed by atoms with Crippen LogP contribution in [0.15, 0.2) is 188 Å². The summed E-state index contributed by atoms with van der Waals surface area (Å²) in [5.74, 6) is 0. The summed E-state index contributed by atoms with van der Waals surface area (Å²) in [6.07, 6.45) is 1.90. The van der Waals surface area contributed by atoms with Crippen LogP contribution in [-0.4, -0.2) is 9.55 Å². The zero-order chi connectivity index (χ0) is 34.2. The molecule has 2 aromatic heterocycles. The van der Waals surface area contributed by atoms with Crippen molar-refractivity contribution in [3.63, 3.8) is 0 Å². The molecule has 3 heteroatoms. The molecule has 0 bridgehead atoms. The van der Waals surface area contributed by atoms with Crippen molar-refractivity contribution in [1.82, 2.24) is 9.55 Å². The van der Waals surface area contributed by atoms with E-state index in [-0.39, 0.29) is 0 Å². The van der Waals surface area contributed by atoms with Crippen LogP contribution in [0.5, 0.6) is 0 Å². The van der Waals surface area contributed by atoms with Crippen LogP contribution in [0.3, 0.4) is 0 Å². The fraction of sp³-hybridized carbons (Fsp3) is 0. The molecule has 0 N–H and O–H groups in total. The molecule has 11 aromatic rings. The quantitative estimate of drug-likeness (QED) is 0.135. The van der Waals surface area contributed by atoms with Crippen LogP contribution in [0.4, 0.5) is 17.1 Å². The molecule has 9 aromatic carbocycles. The highest BCUT2D eigenvalue weighted by atomic mass is 15.1. The number of aromatic nitrogens is 2. The predicted octanol–water partition coefficient (Wildman–Crippen LogP) is 13.4. The van der Waals surface area contributed by atoms with Crippen molar-refractivity contribution in [2.24, 2.45) is 0 Å². The van der Waals surface area contributed by atoms with Gasteiger partial charge in [-0.15, -0.1) is 0 Å². The average molecular weight is 662 g/mol. The Labute approximate surface area is 300 Å². The normalized spacial score (nSPS) is 11.8. The second kappa shape index (κ2) is 11.3. The number of rotatable bonds is 5. The van der Waals surface area contributed by atoms with E-state index < -0.39 is 0 Å². The summed E-state index contributed by atoms with van der Waals surface area (Å²) in [6.45, 7) is 0. The van der Waals surface area contributed by atoms with Gasteiger partial charge in [0.15, 0.2) is 0 Å². The second-order valence-electron chi connectivity index (χ2n) is 13.6. The summed E-state index contributed by atoms with van der Waals surface area (Å²) in [6, 6.07) is 66.0. The smallest absolute Gasteiger partial charge is 0.0780 e. The summed E-state index contributed by atoms with van der Waals surface area (Å²) in [7, 11) is 0. The Morgan fingerprint density at radius 3 is 1.81 bits per heavy atom. The van der Waals surface area contributed by atoms with Crippen LogP contribution < -0.4 is 4.90 Å². The zero-order valence-corrected chi connectivity index (χ0v) is 28.2. The number of pyridine rings is 1. The molecule has 0 atom stereocenters. The van der Waals surface area contributed by atoms with Crippen molar-refractivity contribution in [2.75, 3.05) is 4.90 Å². The molecule has 0 amide bonds. The molecular formula is C49H31N3. The van der Waals surface area contributed by atoms with Crippen molar-refractivity contribution in [3.05, 3.63) is 188 Å². The Kier molecular flexibility index (Phi) is 6.25. The lowest BCUT2D eigenvalue weighted by Gasteiger charge is -2.25. The van der Waals surface area contributed by atoms with Gasteiger partial charge in [-0.2, -0.15) is 0 Å². The molecule has 242 valence electrons. The maximum atomic E-state index is 4.81. The highest BCUT2D eigenvalue weighted by Gasteiger charge is 2.19. The van der Waals surface area contributed by atoms with Crippen molar-refractivity contribution in [1.29, 1.82) is 0 Å². The first kappa shape index (κ1) is 28.8. The molecular weight excluding hydrogens is 631 g/mol. The maximum absolute atomic E-state index is 4.81. The van der Waals surface area contributed by atoms with Gasteiger partial charge < -0.3 is 9.47 Å². The summed E-state index contributed by atoms with van der Waals surface area (Å²) < 4.78 is 2.40. The van der Waals surface area contributed by atoms with E-state index in [1.54, 1.807) is 0 Å². The molecule has 0 fully saturated rings. The fourth-order valence-electron chi connectivity index (χ4n) is 8.45. The van der Waals surface area contributed by atoms with Crippen molar-refractivity contribution in [3.8, 4) is 16.8 Å². The largest absolute Gasteiger partial charge is 0.310 e. The first-order valence-electron chi connectivity index (χ1n) is 17.8. The molecule has 0 saturated heterocycles. The second-order valence-corrected chi connectivity index (χ2v) is 13.6. The molecule has 0 saturated carbocycles. The molecule has 2 heterocycles. The Balaban J connectivity index is 1.17. The van der Waals surface area contributed by atoms with Crippen LogP contribution in [0.25, 0.3) is 81.8 Å². The lowest BCUT2D eigenvalue weighted by molar-refractivity contribution is 1.18. The van der Waals surface area contributed by atoms with Crippen molar-refractivity contribution in [2.45, 2.75) is 0 Å². The number of nitrogens with zero attached hydrogens (tertiary/aromatic N) is 3. The Morgan fingerprint density at radius 2 is 1.04 bits per heavy atom. The molecule has 0 aliphatic rings. The van der Waals surface area contributed by atoms with E-state index in [1.165, 1.54) is 70.6 Å². The lowest BCUT2D eigenvalue weighted by Crippen LogP contribution is -2.09. The summed E-state index contributed by atoms with van der Waals surface area (Å²) in [4.78, 5) is 7.15. The Hall–Kier alpha value is -6.97. The van der Waals surface area contributed by atoms with Gasteiger partial charge >= 0.3 is 0 Å². The third-order valence-electron chi connectivity index (χ3n) is 10.7. The number of benzene rings is 9. The van der Waals surface area contributed by atoms with Gasteiger partial charge in [0.1, 0.15) is 0 Å². The molecule has 0 aliphatic carbocycles. The maximum Gasteiger partial charge on any atom is 0.0780 e. The van der Waals surface area contributed by atoms with Gasteiger partial charge in [-0.3, -0.25) is 4.98 Å². The van der Waals surface area contributed by atoms with Gasteiger partial charge in [-0.25, -0.2) is 0 Å². The monoisotopic (exact) mass is 661 g/mol. The van der Waals surface area contributed by atoms with E-state index in [4.69, 9.17) is 4.98 Å². The number of hydrogen-bond acceptors (Lipinski definition) is 2. The van der Waals surface area contributed by atoms with E-state index in [9.17, 15) is 0 Å². The topological polar surface area (TPSA) is 21.1 Å². The van der Waals surface area contributed by atoms with E-state index in [0.717, 1.165) is 28.3 Å². The van der Waals surface area contributed by atoms with Crippen molar-refractivity contribution < 1.29 is 0 Å². The van der Waals surface area contributed by atoms with Gasteiger partial charge in [-0.05, 0) is 117 Å². The molecule has 0 spiro atoms. The Morgan fingerprint density at radius 1 is 0.404 bits per heavy atom. The predicted molar refractivity (Wildman–Crippen MR) is 220 cm³/mol. The first-order valence-corrected chi connectivity index (χ1v) is 17.8. The summed E-state index contributed by atoms with van der Waals surface area (Å²) >= 11 is 0. The minimum absolute atomic E-state index is 1.06. The lowest BCUT2D eigenvalue weighted by atomic mass is 9.88. The fourth-order valence-corrected chi connectivity index (χ4v) is 8.45. The third kappa shape index (κ3) is 4.30. The van der Waals surface area contributed by atoms with Gasteiger partial charge in [0, 0.05) is 50.5 Å². The van der Waals surface area contributed by atoms with Crippen LogP contribution in [0.2, 0.25) is 0 Å². The van der Waals surface area contributed by atoms with E-state index in [2.05, 4.69) is 185 Å². The molecule has 52 heavy (non-hydrogen) atoms. The average Bonchev–Trinajstić information content (AvgIpc) is 3.54. The zero-order valence-electron chi connectivity index (χ0n) is 28.2. The highest BCUT2D eigenvalue weighted by Crippen LogP contribution is 2.44. The number of fused-ring (bicyclic) bond motifs is 5. The number of para-hydroxylation sites is 3. The Bertz CT molecular complexity index is 3070. The molecule has 0 radical (unpaired) electrons. The van der Waals surface area contributed by atoms with Gasteiger partial charge in [-0.1, -0.05) is 103 Å². The van der Waals surface area contributed by atoms with E-state index in [0.29, 0.717) is 0 Å². The van der Waals surface area contributed by atoms with Gasteiger partial charge in [0.25, 0.3) is 0 Å². The minimum Gasteiger partial charge on any atom is -0.310 e. The van der Waals surface area contributed by atoms with Crippen LogP contribution in [-0.2, 0) is 0 Å². The van der Waals surface area contributed by atoms with Crippen LogP contribution in [0.1, 0.15) is 0 Å². The third-order valence-corrected chi connectivity index (χ3v) is 10.7. The van der Waals surface area contributed by atoms with Gasteiger partial charge in [0.2, 0.25) is 0 Å². The molecule has 11 rings (SSSR count). The first-order chi connectivity index (χ1) is 25.8. The number of hydrogen-bond donors (Lipinski definition) is 0. The molecule has 0 unspecified atom stereocenters. The molecule has 0 aliphatic heterocycles. The SMILES string of the molecule is c1ccc(N(c2ccccc2)c2ccc3c(c2)c2cc(-c4ccc5ccc6cc7cccnc7c7ccc4c5c67)ccc2n3-c2ccccc2)cc1. The highest BCUT2D eigenvalue weighted by molar-refractivity contribution is 6.30. The minimum atomic E-state index is 1.06. The van der Waals surface area contributed by atoms with Crippen LogP contribution in [0, 0.1) is 0 Å². The van der Waals surface area contributed by atoms with Crippen LogP contribution >= 0.6 is 0 Å². The number of anilines is 3. The summed E-state index contributed by atoms with van der Waals surface area (Å²) in [5.41, 5.74) is 10.4. The van der Waals surface area contributed by atoms with E-state index >= 15 is 0 Å². The summed E-state index contributed by atoms with van der Waals surface area (Å²) in [5, 5.41) is 11.2. The molecule has 3 nitrogen and oxygen atoms in total. The van der Waals surface area contributed by atoms with Crippen molar-refractivity contribution >= 4 is 82.1 Å².